The molecule has 0 fully saturated rings. The largest absolute Gasteiger partial charge is 0.310 e. The summed E-state index contributed by atoms with van der Waals surface area (Å²) < 4.78 is 0. The van der Waals surface area contributed by atoms with Crippen LogP contribution in [0.5, 0.6) is 0 Å². The van der Waals surface area contributed by atoms with E-state index in [1.165, 1.54) is 31.2 Å². The fraction of sp³-hybridized carbons (Fsp3) is 0.625. The van der Waals surface area contributed by atoms with Crippen molar-refractivity contribution in [3.05, 3.63) is 34.9 Å². The summed E-state index contributed by atoms with van der Waals surface area (Å²) in [6.07, 6.45) is 5.14. The molecule has 0 aliphatic heterocycles. The Morgan fingerprint density at radius 3 is 2.65 bits per heavy atom. The molecule has 0 spiro atoms. The summed E-state index contributed by atoms with van der Waals surface area (Å²) in [7, 11) is 0. The molecule has 0 bridgehead atoms. The zero-order chi connectivity index (χ0) is 12.3. The van der Waals surface area contributed by atoms with Gasteiger partial charge in [-0.05, 0) is 54.8 Å². The molecule has 1 atom stereocenters. The van der Waals surface area contributed by atoms with Crippen molar-refractivity contribution in [1.29, 1.82) is 0 Å². The maximum Gasteiger partial charge on any atom is 0.0322 e. The molecule has 0 amide bonds. The van der Waals surface area contributed by atoms with Crippen LogP contribution in [-0.2, 0) is 12.8 Å². The number of aryl methyl sites for hydroxylation is 2. The first-order valence-electron chi connectivity index (χ1n) is 7.05. The van der Waals surface area contributed by atoms with E-state index in [1.807, 2.05) is 0 Å². The Morgan fingerprint density at radius 2 is 1.94 bits per heavy atom. The first-order valence-corrected chi connectivity index (χ1v) is 7.05. The van der Waals surface area contributed by atoms with Crippen molar-refractivity contribution in [1.82, 2.24) is 5.32 Å². The number of nitrogens with one attached hydrogen (secondary N) is 1. The van der Waals surface area contributed by atoms with Crippen molar-refractivity contribution in [2.75, 3.05) is 6.54 Å². The Hall–Kier alpha value is -0.820. The van der Waals surface area contributed by atoms with Crippen LogP contribution in [0.4, 0.5) is 0 Å². The van der Waals surface area contributed by atoms with Gasteiger partial charge >= 0.3 is 0 Å². The minimum Gasteiger partial charge on any atom is -0.310 e. The van der Waals surface area contributed by atoms with Crippen LogP contribution in [0.3, 0.4) is 0 Å². The van der Waals surface area contributed by atoms with Crippen LogP contribution in [0.15, 0.2) is 18.2 Å². The van der Waals surface area contributed by atoms with Gasteiger partial charge in [0.1, 0.15) is 0 Å². The number of rotatable bonds is 5. The van der Waals surface area contributed by atoms with Crippen LogP contribution < -0.4 is 5.32 Å². The molecule has 2 rings (SSSR count). The van der Waals surface area contributed by atoms with Crippen molar-refractivity contribution in [3.8, 4) is 0 Å². The SMILES string of the molecule is CCNC(CC(C)C)c1ccc2c(c1)CCC2. The van der Waals surface area contributed by atoms with Crippen LogP contribution in [-0.4, -0.2) is 6.54 Å². The van der Waals surface area contributed by atoms with Crippen molar-refractivity contribution in [2.45, 2.75) is 52.5 Å². The maximum atomic E-state index is 3.62. The summed E-state index contributed by atoms with van der Waals surface area (Å²) in [6, 6.07) is 7.66. The van der Waals surface area contributed by atoms with Gasteiger partial charge in [-0.15, -0.1) is 0 Å². The van der Waals surface area contributed by atoms with Gasteiger partial charge in [0.15, 0.2) is 0 Å². The number of hydrogen-bond acceptors (Lipinski definition) is 1. The highest BCUT2D eigenvalue weighted by Crippen LogP contribution is 2.28. The van der Waals surface area contributed by atoms with E-state index in [9.17, 15) is 0 Å². The van der Waals surface area contributed by atoms with Crippen LogP contribution in [0.25, 0.3) is 0 Å². The highest BCUT2D eigenvalue weighted by Gasteiger charge is 2.16. The monoisotopic (exact) mass is 231 g/mol. The molecular weight excluding hydrogens is 206 g/mol. The average molecular weight is 231 g/mol. The molecule has 1 heteroatoms. The zero-order valence-corrected chi connectivity index (χ0v) is 11.4. The molecule has 1 aromatic carbocycles. The summed E-state index contributed by atoms with van der Waals surface area (Å²) in [5, 5.41) is 3.62. The molecule has 1 nitrogen and oxygen atoms in total. The van der Waals surface area contributed by atoms with Crippen molar-refractivity contribution < 1.29 is 0 Å². The van der Waals surface area contributed by atoms with Gasteiger partial charge in [0, 0.05) is 6.04 Å². The van der Waals surface area contributed by atoms with Gasteiger partial charge < -0.3 is 5.32 Å². The Labute approximate surface area is 106 Å². The molecule has 94 valence electrons. The number of benzene rings is 1. The summed E-state index contributed by atoms with van der Waals surface area (Å²) in [6.45, 7) is 7.85. The normalized spacial score (nSPS) is 16.2. The molecule has 1 N–H and O–H groups in total. The van der Waals surface area contributed by atoms with E-state index < -0.39 is 0 Å². The van der Waals surface area contributed by atoms with E-state index in [4.69, 9.17) is 0 Å². The van der Waals surface area contributed by atoms with Crippen LogP contribution in [0.1, 0.15) is 56.3 Å². The molecule has 0 saturated carbocycles. The fourth-order valence-electron chi connectivity index (χ4n) is 2.86. The van der Waals surface area contributed by atoms with Crippen LogP contribution in [0.2, 0.25) is 0 Å². The topological polar surface area (TPSA) is 12.0 Å². The molecule has 1 aromatic rings. The fourth-order valence-corrected chi connectivity index (χ4v) is 2.86. The van der Waals surface area contributed by atoms with Gasteiger partial charge in [-0.25, -0.2) is 0 Å². The lowest BCUT2D eigenvalue weighted by molar-refractivity contribution is 0.438. The average Bonchev–Trinajstić information content (AvgIpc) is 2.74. The molecule has 1 aliphatic carbocycles. The lowest BCUT2D eigenvalue weighted by atomic mass is 9.94. The molecule has 1 unspecified atom stereocenters. The lowest BCUT2D eigenvalue weighted by Gasteiger charge is -2.21. The van der Waals surface area contributed by atoms with Gasteiger partial charge in [-0.1, -0.05) is 39.0 Å². The lowest BCUT2D eigenvalue weighted by Crippen LogP contribution is -2.22. The summed E-state index contributed by atoms with van der Waals surface area (Å²) >= 11 is 0. The van der Waals surface area contributed by atoms with E-state index in [2.05, 4.69) is 44.3 Å². The molecule has 0 heterocycles. The molecule has 0 radical (unpaired) electrons. The Kier molecular flexibility index (Phi) is 4.22. The second-order valence-electron chi connectivity index (χ2n) is 5.62. The molecular formula is C16H25N. The van der Waals surface area contributed by atoms with Gasteiger partial charge in [0.05, 0.1) is 0 Å². The van der Waals surface area contributed by atoms with E-state index in [0.29, 0.717) is 6.04 Å². The van der Waals surface area contributed by atoms with E-state index in [-0.39, 0.29) is 0 Å². The van der Waals surface area contributed by atoms with E-state index in [0.717, 1.165) is 12.5 Å². The second-order valence-corrected chi connectivity index (χ2v) is 5.62. The third-order valence-electron chi connectivity index (χ3n) is 3.68. The summed E-state index contributed by atoms with van der Waals surface area (Å²) in [5.41, 5.74) is 4.66. The number of fused-ring (bicyclic) bond motifs is 1. The van der Waals surface area contributed by atoms with Gasteiger partial charge in [0.25, 0.3) is 0 Å². The maximum absolute atomic E-state index is 3.62. The molecule has 17 heavy (non-hydrogen) atoms. The summed E-state index contributed by atoms with van der Waals surface area (Å²) in [4.78, 5) is 0. The van der Waals surface area contributed by atoms with Crippen molar-refractivity contribution in [2.24, 2.45) is 5.92 Å². The highest BCUT2D eigenvalue weighted by atomic mass is 14.9. The minimum atomic E-state index is 0.533. The zero-order valence-electron chi connectivity index (χ0n) is 11.4. The smallest absolute Gasteiger partial charge is 0.0322 e. The molecule has 0 aromatic heterocycles. The molecule has 0 saturated heterocycles. The van der Waals surface area contributed by atoms with Crippen molar-refractivity contribution in [3.63, 3.8) is 0 Å². The quantitative estimate of drug-likeness (QED) is 0.811. The first-order chi connectivity index (χ1) is 8.20. The summed E-state index contributed by atoms with van der Waals surface area (Å²) in [5.74, 6) is 0.743. The molecule has 1 aliphatic rings. The predicted molar refractivity (Wildman–Crippen MR) is 74.3 cm³/mol. The third-order valence-corrected chi connectivity index (χ3v) is 3.68. The standard InChI is InChI=1S/C16H25N/c1-4-17-16(10-12(2)3)15-9-8-13-6-5-7-14(13)11-15/h8-9,11-12,16-17H,4-7,10H2,1-3H3. The van der Waals surface area contributed by atoms with E-state index in [1.54, 1.807) is 11.1 Å². The number of hydrogen-bond donors (Lipinski definition) is 1. The first kappa shape index (κ1) is 12.6. The van der Waals surface area contributed by atoms with E-state index >= 15 is 0 Å². The minimum absolute atomic E-state index is 0.533. The van der Waals surface area contributed by atoms with Crippen molar-refractivity contribution >= 4 is 0 Å². The van der Waals surface area contributed by atoms with Gasteiger partial charge in [-0.2, -0.15) is 0 Å². The van der Waals surface area contributed by atoms with Gasteiger partial charge in [0.2, 0.25) is 0 Å². The van der Waals surface area contributed by atoms with Crippen LogP contribution in [0, 0.1) is 5.92 Å². The Bertz CT molecular complexity index is 368. The Balaban J connectivity index is 2.17. The van der Waals surface area contributed by atoms with Gasteiger partial charge in [-0.3, -0.25) is 0 Å². The second kappa shape index (κ2) is 5.68. The Morgan fingerprint density at radius 1 is 1.18 bits per heavy atom. The highest BCUT2D eigenvalue weighted by molar-refractivity contribution is 5.36. The third kappa shape index (κ3) is 3.10. The predicted octanol–water partition coefficient (Wildman–Crippen LogP) is 3.87. The van der Waals surface area contributed by atoms with Crippen LogP contribution >= 0.6 is 0 Å².